The van der Waals surface area contributed by atoms with E-state index in [1.165, 1.54) is 17.5 Å². The number of carboxylic acid groups (broad SMARTS) is 1. The molecule has 0 saturated carbocycles. The number of anilines is 1. The monoisotopic (exact) mass is 437 g/mol. The summed E-state index contributed by atoms with van der Waals surface area (Å²) in [6.07, 6.45) is 7.25. The SMILES string of the molecule is CCc1ccc([C@@H](C(=O)O)N2CC[C@@H](OCCCCc3ccc4c(n3)NCCC4)C2)cc1. The number of hydrogen-bond donors (Lipinski definition) is 2. The van der Waals surface area contributed by atoms with E-state index in [2.05, 4.69) is 24.4 Å². The maximum Gasteiger partial charge on any atom is 0.325 e. The minimum Gasteiger partial charge on any atom is -0.480 e. The summed E-state index contributed by atoms with van der Waals surface area (Å²) in [5, 5.41) is 13.2. The Morgan fingerprint density at radius 3 is 2.88 bits per heavy atom. The molecule has 0 spiro atoms. The zero-order chi connectivity index (χ0) is 22.3. The second-order valence-electron chi connectivity index (χ2n) is 8.91. The number of ether oxygens (including phenoxy) is 1. The number of carboxylic acids is 1. The number of nitrogens with zero attached hydrogens (tertiary/aromatic N) is 2. The van der Waals surface area contributed by atoms with Crippen molar-refractivity contribution in [1.29, 1.82) is 0 Å². The Morgan fingerprint density at radius 1 is 1.25 bits per heavy atom. The van der Waals surface area contributed by atoms with Crippen LogP contribution in [0.15, 0.2) is 36.4 Å². The molecule has 2 aliphatic rings. The van der Waals surface area contributed by atoms with Gasteiger partial charge in [-0.2, -0.15) is 0 Å². The van der Waals surface area contributed by atoms with Crippen molar-refractivity contribution in [2.24, 2.45) is 0 Å². The van der Waals surface area contributed by atoms with Crippen LogP contribution < -0.4 is 5.32 Å². The van der Waals surface area contributed by atoms with Crippen molar-refractivity contribution >= 4 is 11.8 Å². The Morgan fingerprint density at radius 2 is 2.09 bits per heavy atom. The number of unbranched alkanes of at least 4 members (excludes halogenated alkanes) is 1. The molecular formula is C26H35N3O3. The number of pyridine rings is 1. The van der Waals surface area contributed by atoms with Gasteiger partial charge < -0.3 is 15.2 Å². The summed E-state index contributed by atoms with van der Waals surface area (Å²) in [4.78, 5) is 18.8. The highest BCUT2D eigenvalue weighted by Gasteiger charge is 2.33. The number of nitrogens with one attached hydrogen (secondary N) is 1. The zero-order valence-electron chi connectivity index (χ0n) is 19.1. The van der Waals surface area contributed by atoms with Crippen molar-refractivity contribution in [3.8, 4) is 0 Å². The first-order valence-electron chi connectivity index (χ1n) is 12.0. The first kappa shape index (κ1) is 22.7. The number of aliphatic carboxylic acids is 1. The van der Waals surface area contributed by atoms with E-state index in [1.54, 1.807) is 0 Å². The predicted molar refractivity (Wildman–Crippen MR) is 126 cm³/mol. The van der Waals surface area contributed by atoms with Crippen molar-refractivity contribution in [3.63, 3.8) is 0 Å². The Kier molecular flexibility index (Phi) is 7.76. The molecule has 0 unspecified atom stereocenters. The molecule has 0 aliphatic carbocycles. The molecule has 1 aromatic heterocycles. The molecule has 3 heterocycles. The summed E-state index contributed by atoms with van der Waals surface area (Å²) in [5.74, 6) is 0.273. The number of likely N-dealkylation sites (tertiary alicyclic amines) is 1. The number of carbonyl (C=O) groups is 1. The molecule has 32 heavy (non-hydrogen) atoms. The Hall–Kier alpha value is -2.44. The Bertz CT molecular complexity index is 900. The Labute approximate surface area is 191 Å². The van der Waals surface area contributed by atoms with E-state index in [1.807, 2.05) is 29.2 Å². The third kappa shape index (κ3) is 5.67. The maximum atomic E-state index is 12.0. The van der Waals surface area contributed by atoms with Crippen LogP contribution in [0.1, 0.15) is 61.0 Å². The van der Waals surface area contributed by atoms with Crippen molar-refractivity contribution in [2.75, 3.05) is 31.6 Å². The molecule has 172 valence electrons. The summed E-state index contributed by atoms with van der Waals surface area (Å²) in [5.41, 5.74) is 4.54. The van der Waals surface area contributed by atoms with E-state index in [0.717, 1.165) is 68.7 Å². The van der Waals surface area contributed by atoms with Gasteiger partial charge in [0.25, 0.3) is 0 Å². The molecule has 2 aromatic rings. The van der Waals surface area contributed by atoms with Gasteiger partial charge in [-0.3, -0.25) is 9.69 Å². The molecule has 0 bridgehead atoms. The van der Waals surface area contributed by atoms with Crippen molar-refractivity contribution in [3.05, 3.63) is 58.8 Å². The van der Waals surface area contributed by atoms with Crippen LogP contribution in [-0.4, -0.2) is 53.3 Å². The topological polar surface area (TPSA) is 74.7 Å². The summed E-state index contributed by atoms with van der Waals surface area (Å²) in [7, 11) is 0. The number of hydrogen-bond acceptors (Lipinski definition) is 5. The molecule has 1 fully saturated rings. The lowest BCUT2D eigenvalue weighted by Crippen LogP contribution is -2.33. The number of aromatic nitrogens is 1. The lowest BCUT2D eigenvalue weighted by atomic mass is 10.0. The highest BCUT2D eigenvalue weighted by Crippen LogP contribution is 2.27. The first-order valence-corrected chi connectivity index (χ1v) is 12.0. The van der Waals surface area contributed by atoms with E-state index in [9.17, 15) is 9.90 Å². The van der Waals surface area contributed by atoms with E-state index < -0.39 is 12.0 Å². The zero-order valence-corrected chi connectivity index (χ0v) is 19.1. The number of fused-ring (bicyclic) bond motifs is 1. The largest absolute Gasteiger partial charge is 0.480 e. The summed E-state index contributed by atoms with van der Waals surface area (Å²) in [6.45, 7) is 5.26. The van der Waals surface area contributed by atoms with Gasteiger partial charge in [0.1, 0.15) is 11.9 Å². The van der Waals surface area contributed by atoms with Gasteiger partial charge in [0.15, 0.2) is 0 Å². The summed E-state index contributed by atoms with van der Waals surface area (Å²) in [6, 6.07) is 11.7. The van der Waals surface area contributed by atoms with E-state index >= 15 is 0 Å². The highest BCUT2D eigenvalue weighted by atomic mass is 16.5. The van der Waals surface area contributed by atoms with Crippen LogP contribution in [0.5, 0.6) is 0 Å². The van der Waals surface area contributed by atoms with Crippen LogP contribution in [0.4, 0.5) is 5.82 Å². The number of benzene rings is 1. The quantitative estimate of drug-likeness (QED) is 0.542. The molecule has 6 heteroatoms. The van der Waals surface area contributed by atoms with Gasteiger partial charge in [0.05, 0.1) is 6.10 Å². The van der Waals surface area contributed by atoms with Crippen LogP contribution in [0.25, 0.3) is 0 Å². The van der Waals surface area contributed by atoms with Gasteiger partial charge in [0, 0.05) is 31.9 Å². The molecule has 2 aliphatic heterocycles. The van der Waals surface area contributed by atoms with Crippen LogP contribution in [0, 0.1) is 0 Å². The second kappa shape index (κ2) is 10.9. The van der Waals surface area contributed by atoms with Crippen molar-refractivity contribution in [1.82, 2.24) is 9.88 Å². The lowest BCUT2D eigenvalue weighted by Gasteiger charge is -2.24. The molecule has 1 aromatic carbocycles. The van der Waals surface area contributed by atoms with Crippen LogP contribution in [0.2, 0.25) is 0 Å². The molecule has 4 rings (SSSR count). The lowest BCUT2D eigenvalue weighted by molar-refractivity contribution is -0.143. The highest BCUT2D eigenvalue weighted by molar-refractivity contribution is 5.75. The third-order valence-electron chi connectivity index (χ3n) is 6.61. The minimum atomic E-state index is -0.790. The molecular weight excluding hydrogens is 402 g/mol. The van der Waals surface area contributed by atoms with Crippen molar-refractivity contribution in [2.45, 2.75) is 64.0 Å². The smallest absolute Gasteiger partial charge is 0.325 e. The maximum absolute atomic E-state index is 12.0. The average Bonchev–Trinajstić information content (AvgIpc) is 3.27. The molecule has 6 nitrogen and oxygen atoms in total. The van der Waals surface area contributed by atoms with Gasteiger partial charge in [-0.15, -0.1) is 0 Å². The fourth-order valence-electron chi connectivity index (χ4n) is 4.74. The van der Waals surface area contributed by atoms with Gasteiger partial charge in [-0.05, 0) is 67.7 Å². The molecule has 0 radical (unpaired) electrons. The molecule has 2 N–H and O–H groups in total. The fourth-order valence-corrected chi connectivity index (χ4v) is 4.74. The van der Waals surface area contributed by atoms with Gasteiger partial charge in [0.2, 0.25) is 0 Å². The van der Waals surface area contributed by atoms with Gasteiger partial charge in [-0.1, -0.05) is 37.3 Å². The minimum absolute atomic E-state index is 0.109. The van der Waals surface area contributed by atoms with Crippen LogP contribution in [-0.2, 0) is 28.8 Å². The number of aryl methyl sites for hydroxylation is 3. The van der Waals surface area contributed by atoms with E-state index in [4.69, 9.17) is 9.72 Å². The average molecular weight is 438 g/mol. The third-order valence-corrected chi connectivity index (χ3v) is 6.61. The molecule has 0 amide bonds. The van der Waals surface area contributed by atoms with E-state index in [-0.39, 0.29) is 6.10 Å². The molecule has 2 atom stereocenters. The molecule has 1 saturated heterocycles. The second-order valence-corrected chi connectivity index (χ2v) is 8.91. The van der Waals surface area contributed by atoms with E-state index in [0.29, 0.717) is 13.2 Å². The van der Waals surface area contributed by atoms with Crippen LogP contribution >= 0.6 is 0 Å². The van der Waals surface area contributed by atoms with Crippen molar-refractivity contribution < 1.29 is 14.6 Å². The number of rotatable bonds is 10. The fraction of sp³-hybridized carbons (Fsp3) is 0.538. The first-order chi connectivity index (χ1) is 15.6. The Balaban J connectivity index is 1.20. The summed E-state index contributed by atoms with van der Waals surface area (Å²) < 4.78 is 6.10. The van der Waals surface area contributed by atoms with Gasteiger partial charge in [-0.25, -0.2) is 4.98 Å². The van der Waals surface area contributed by atoms with Gasteiger partial charge >= 0.3 is 5.97 Å². The normalized spacial score (nSPS) is 19.3. The van der Waals surface area contributed by atoms with Crippen LogP contribution in [0.3, 0.4) is 0 Å². The summed E-state index contributed by atoms with van der Waals surface area (Å²) >= 11 is 0. The predicted octanol–water partition coefficient (Wildman–Crippen LogP) is 4.24. The standard InChI is InChI=1S/C26H35N3O3/c1-2-19-8-10-20(11-9-19)24(26(30)31)29-16-14-23(18-29)32-17-4-3-7-22-13-12-21-6-5-15-27-25(21)28-22/h8-13,23-24H,2-7,14-18H2,1H3,(H,27,28)(H,30,31)/t23-,24+/m1/s1.